The predicted molar refractivity (Wildman–Crippen MR) is 92.4 cm³/mol. The zero-order chi connectivity index (χ0) is 17.8. The van der Waals surface area contributed by atoms with E-state index < -0.39 is 5.60 Å². The molecule has 134 valence electrons. The fourth-order valence-electron chi connectivity index (χ4n) is 2.85. The maximum absolute atomic E-state index is 5.70. The van der Waals surface area contributed by atoms with Gasteiger partial charge in [0.1, 0.15) is 5.75 Å². The highest BCUT2D eigenvalue weighted by Crippen LogP contribution is 2.33. The summed E-state index contributed by atoms with van der Waals surface area (Å²) in [5.41, 5.74) is 1.30. The van der Waals surface area contributed by atoms with E-state index in [1.807, 2.05) is 42.5 Å². The summed E-state index contributed by atoms with van der Waals surface area (Å²) in [5.74, 6) is 1.44. The number of nitrogens with zero attached hydrogens (tertiary/aromatic N) is 3. The fraction of sp³-hybridized carbons (Fsp3) is 0.316. The van der Waals surface area contributed by atoms with Crippen molar-refractivity contribution in [3.8, 4) is 17.0 Å². The highest BCUT2D eigenvalue weighted by atomic mass is 16.6. The lowest BCUT2D eigenvalue weighted by Gasteiger charge is -2.20. The lowest BCUT2D eigenvalue weighted by molar-refractivity contribution is -0.0420. The van der Waals surface area contributed by atoms with Crippen LogP contribution in [0.1, 0.15) is 18.2 Å². The molecule has 3 heterocycles. The minimum atomic E-state index is -0.649. The van der Waals surface area contributed by atoms with Gasteiger partial charge < -0.3 is 18.6 Å². The summed E-state index contributed by atoms with van der Waals surface area (Å²) in [5, 5.41) is 8.13. The first-order valence-electron chi connectivity index (χ1n) is 8.39. The Balaban J connectivity index is 1.40. The number of benzene rings is 1. The lowest BCUT2D eigenvalue weighted by Crippen LogP contribution is -2.29. The van der Waals surface area contributed by atoms with Crippen LogP contribution in [0, 0.1) is 0 Å². The van der Waals surface area contributed by atoms with Gasteiger partial charge >= 0.3 is 0 Å². The summed E-state index contributed by atoms with van der Waals surface area (Å²) >= 11 is 0. The molecule has 1 unspecified atom stereocenters. The van der Waals surface area contributed by atoms with Crippen LogP contribution in [0.15, 0.2) is 53.1 Å². The Morgan fingerprint density at radius 3 is 2.69 bits per heavy atom. The van der Waals surface area contributed by atoms with Gasteiger partial charge in [-0.25, -0.2) is 0 Å². The molecular weight excluding hydrogens is 334 g/mol. The Labute approximate surface area is 150 Å². The summed E-state index contributed by atoms with van der Waals surface area (Å²) in [6, 6.07) is 13.8. The lowest BCUT2D eigenvalue weighted by atomic mass is 10.0. The van der Waals surface area contributed by atoms with E-state index in [1.54, 1.807) is 13.3 Å². The Bertz CT molecular complexity index is 843. The van der Waals surface area contributed by atoms with Crippen LogP contribution in [-0.2, 0) is 21.7 Å². The van der Waals surface area contributed by atoms with Gasteiger partial charge in [0.25, 0.3) is 11.8 Å². The van der Waals surface area contributed by atoms with Gasteiger partial charge in [-0.1, -0.05) is 30.3 Å². The monoisotopic (exact) mass is 353 g/mol. The highest BCUT2D eigenvalue weighted by molar-refractivity contribution is 5.58. The SMILES string of the molecule is COC1(c2nnc(COc3ccc(-c4ccccc4)nc3)o2)CCOC1. The molecule has 26 heavy (non-hydrogen) atoms. The zero-order valence-corrected chi connectivity index (χ0v) is 14.4. The van der Waals surface area contributed by atoms with Crippen LogP contribution in [-0.4, -0.2) is 35.5 Å². The summed E-state index contributed by atoms with van der Waals surface area (Å²) in [6.07, 6.45) is 2.37. The predicted octanol–water partition coefficient (Wildman–Crippen LogP) is 2.97. The normalized spacial score (nSPS) is 19.6. The first-order chi connectivity index (χ1) is 12.8. The molecule has 1 aliphatic rings. The summed E-state index contributed by atoms with van der Waals surface area (Å²) < 4.78 is 22.3. The molecule has 1 saturated heterocycles. The molecule has 1 atom stereocenters. The van der Waals surface area contributed by atoms with E-state index in [9.17, 15) is 0 Å². The average Bonchev–Trinajstić information content (AvgIpc) is 3.38. The number of aromatic nitrogens is 3. The minimum Gasteiger partial charge on any atom is -0.482 e. The molecule has 0 spiro atoms. The number of ether oxygens (including phenoxy) is 3. The minimum absolute atomic E-state index is 0.167. The topological polar surface area (TPSA) is 79.5 Å². The number of rotatable bonds is 6. The van der Waals surface area contributed by atoms with Crippen molar-refractivity contribution >= 4 is 0 Å². The van der Waals surface area contributed by atoms with Crippen molar-refractivity contribution < 1.29 is 18.6 Å². The van der Waals surface area contributed by atoms with Crippen LogP contribution in [0.2, 0.25) is 0 Å². The van der Waals surface area contributed by atoms with Gasteiger partial charge in [0, 0.05) is 19.1 Å². The average molecular weight is 353 g/mol. The second-order valence-corrected chi connectivity index (χ2v) is 6.04. The molecule has 7 heteroatoms. The van der Waals surface area contributed by atoms with Crippen molar-refractivity contribution in [1.29, 1.82) is 0 Å². The Kier molecular flexibility index (Phi) is 4.64. The van der Waals surface area contributed by atoms with Crippen molar-refractivity contribution in [2.45, 2.75) is 18.6 Å². The van der Waals surface area contributed by atoms with Gasteiger partial charge in [-0.05, 0) is 12.1 Å². The largest absolute Gasteiger partial charge is 0.482 e. The van der Waals surface area contributed by atoms with E-state index in [4.69, 9.17) is 18.6 Å². The van der Waals surface area contributed by atoms with Gasteiger partial charge in [0.05, 0.1) is 25.1 Å². The molecule has 1 fully saturated rings. The van der Waals surface area contributed by atoms with Crippen LogP contribution in [0.5, 0.6) is 5.75 Å². The summed E-state index contributed by atoms with van der Waals surface area (Å²) in [7, 11) is 1.62. The van der Waals surface area contributed by atoms with Crippen molar-refractivity contribution in [3.05, 3.63) is 60.4 Å². The number of hydrogen-bond acceptors (Lipinski definition) is 7. The van der Waals surface area contributed by atoms with E-state index in [0.717, 1.165) is 11.3 Å². The van der Waals surface area contributed by atoms with Crippen LogP contribution >= 0.6 is 0 Å². The number of methoxy groups -OCH3 is 1. The third kappa shape index (κ3) is 3.31. The molecular formula is C19H19N3O4. The van der Waals surface area contributed by atoms with Crippen molar-refractivity contribution in [2.75, 3.05) is 20.3 Å². The second-order valence-electron chi connectivity index (χ2n) is 6.04. The molecule has 1 aromatic carbocycles. The smallest absolute Gasteiger partial charge is 0.254 e. The molecule has 0 aliphatic carbocycles. The third-order valence-electron chi connectivity index (χ3n) is 4.40. The van der Waals surface area contributed by atoms with Gasteiger partial charge in [-0.2, -0.15) is 0 Å². The molecule has 0 N–H and O–H groups in total. The van der Waals surface area contributed by atoms with Crippen molar-refractivity contribution in [1.82, 2.24) is 15.2 Å². The molecule has 4 rings (SSSR count). The third-order valence-corrected chi connectivity index (χ3v) is 4.40. The van der Waals surface area contributed by atoms with E-state index in [2.05, 4.69) is 15.2 Å². The van der Waals surface area contributed by atoms with Gasteiger partial charge in [0.15, 0.2) is 12.2 Å². The van der Waals surface area contributed by atoms with Gasteiger partial charge in [-0.15, -0.1) is 10.2 Å². The van der Waals surface area contributed by atoms with E-state index in [1.165, 1.54) is 0 Å². The number of pyridine rings is 1. The van der Waals surface area contributed by atoms with Crippen LogP contribution < -0.4 is 4.74 Å². The molecule has 0 bridgehead atoms. The van der Waals surface area contributed by atoms with E-state index >= 15 is 0 Å². The first kappa shape index (κ1) is 16.7. The second kappa shape index (κ2) is 7.23. The maximum atomic E-state index is 5.70. The van der Waals surface area contributed by atoms with E-state index in [-0.39, 0.29) is 6.61 Å². The van der Waals surface area contributed by atoms with Crippen LogP contribution in [0.4, 0.5) is 0 Å². The molecule has 2 aromatic heterocycles. The molecule has 7 nitrogen and oxygen atoms in total. The molecule has 0 amide bonds. The van der Waals surface area contributed by atoms with Crippen molar-refractivity contribution in [3.63, 3.8) is 0 Å². The van der Waals surface area contributed by atoms with Crippen LogP contribution in [0.25, 0.3) is 11.3 Å². The fourth-order valence-corrected chi connectivity index (χ4v) is 2.85. The Morgan fingerprint density at radius 1 is 1.12 bits per heavy atom. The standard InChI is InChI=1S/C19H19N3O4/c1-23-19(9-10-24-13-19)18-22-21-17(26-18)12-25-15-7-8-16(20-11-15)14-5-3-2-4-6-14/h2-8,11H,9-10,12-13H2,1H3. The Morgan fingerprint density at radius 2 is 2.00 bits per heavy atom. The maximum Gasteiger partial charge on any atom is 0.254 e. The molecule has 0 saturated carbocycles. The van der Waals surface area contributed by atoms with Gasteiger partial charge in [-0.3, -0.25) is 4.98 Å². The number of hydrogen-bond donors (Lipinski definition) is 0. The summed E-state index contributed by atoms with van der Waals surface area (Å²) in [4.78, 5) is 4.43. The van der Waals surface area contributed by atoms with E-state index in [0.29, 0.717) is 37.2 Å². The summed E-state index contributed by atoms with van der Waals surface area (Å²) in [6.45, 7) is 1.19. The van der Waals surface area contributed by atoms with Gasteiger partial charge in [0.2, 0.25) is 0 Å². The molecule has 1 aliphatic heterocycles. The highest BCUT2D eigenvalue weighted by Gasteiger charge is 2.42. The molecule has 3 aromatic rings. The first-order valence-corrected chi connectivity index (χ1v) is 8.39. The molecule has 0 radical (unpaired) electrons. The quantitative estimate of drug-likeness (QED) is 0.674. The Hall–Kier alpha value is -2.77. The van der Waals surface area contributed by atoms with Crippen molar-refractivity contribution in [2.24, 2.45) is 0 Å². The van der Waals surface area contributed by atoms with Crippen LogP contribution in [0.3, 0.4) is 0 Å². The zero-order valence-electron chi connectivity index (χ0n) is 14.4.